The zero-order chi connectivity index (χ0) is 43.2. The molecule has 6 bridgehead atoms. The summed E-state index contributed by atoms with van der Waals surface area (Å²) in [7, 11) is 3.85. The summed E-state index contributed by atoms with van der Waals surface area (Å²) >= 11 is 1.38. The number of hydrazine groups is 1. The predicted molar refractivity (Wildman–Crippen MR) is 231 cm³/mol. The summed E-state index contributed by atoms with van der Waals surface area (Å²) in [5.41, 5.74) is 10.3. The van der Waals surface area contributed by atoms with E-state index in [1.165, 1.54) is 16.3 Å². The smallest absolute Gasteiger partial charge is 0.324 e. The molecule has 0 unspecified atom stereocenters. The maximum atomic E-state index is 14.2. The molecule has 3 fully saturated rings. The number of esters is 1. The van der Waals surface area contributed by atoms with Gasteiger partial charge in [-0.05, 0) is 70.3 Å². The number of methoxy groups -OCH3 is 1. The van der Waals surface area contributed by atoms with Crippen molar-refractivity contribution < 1.29 is 32.6 Å². The fourth-order valence-electron chi connectivity index (χ4n) is 9.30. The van der Waals surface area contributed by atoms with Gasteiger partial charge >= 0.3 is 5.97 Å². The van der Waals surface area contributed by atoms with Crippen LogP contribution in [0, 0.1) is 11.3 Å². The second-order valence-electron chi connectivity index (χ2n) is 18.0. The molecule has 0 spiro atoms. The number of likely N-dealkylation sites (N-methyl/N-ethyl adjacent to an activating group) is 1. The van der Waals surface area contributed by atoms with Crippen LogP contribution in [0.3, 0.4) is 0 Å². The fraction of sp³-hybridized carbons (Fsp3) is 0.578. The van der Waals surface area contributed by atoms with E-state index in [4.69, 9.17) is 19.4 Å². The van der Waals surface area contributed by atoms with E-state index in [2.05, 4.69) is 77.2 Å². The van der Waals surface area contributed by atoms with E-state index in [-0.39, 0.29) is 32.0 Å². The molecule has 8 rings (SSSR count). The van der Waals surface area contributed by atoms with Gasteiger partial charge in [0.2, 0.25) is 11.8 Å². The van der Waals surface area contributed by atoms with Crippen molar-refractivity contribution in [3.8, 4) is 22.5 Å². The SMILES string of the molecule is CCn1c(-c2cc(N3CCN(C)CC3)cnc2[C@H](C)OC)c2c3cc(ccc31)-c1csc(n1)C[C@H](NC(=O)[C@H]1CCC(F)(F)C1)C(=O)N1CCC[C@H](N1)C(=O)OCC(C)(C)C2. The molecule has 6 heterocycles. The summed E-state index contributed by atoms with van der Waals surface area (Å²) in [4.78, 5) is 56.3. The minimum Gasteiger partial charge on any atom is -0.464 e. The highest BCUT2D eigenvalue weighted by Gasteiger charge is 2.44. The molecule has 1 saturated carbocycles. The standard InChI is InChI=1S/C45H58F2N8O5S/c1-7-54-37-11-10-28-19-31(37)33(40(54)32-20-30(24-48-39(32)27(2)59-6)53-17-15-52(5)16-18-53)23-44(3,4)26-60-43(58)34-9-8-14-55(51-34)42(57)35(21-38-49-36(28)25-61-38)50-41(56)29-12-13-45(46,47)22-29/h10-11,19-20,24-25,27,29,34-35,51H,7-9,12-18,21-23,26H2,1-6H3,(H,50,56)/t27-,29-,34-,35-/m0/s1. The molecule has 3 aromatic heterocycles. The quantitative estimate of drug-likeness (QED) is 0.202. The molecule has 16 heteroatoms. The van der Waals surface area contributed by atoms with E-state index in [0.717, 1.165) is 76.5 Å². The molecule has 61 heavy (non-hydrogen) atoms. The number of halogens is 2. The lowest BCUT2D eigenvalue weighted by Crippen LogP contribution is -2.60. The molecule has 2 amide bonds. The number of pyridine rings is 1. The first-order chi connectivity index (χ1) is 29.1. The van der Waals surface area contributed by atoms with Crippen molar-refractivity contribution in [2.24, 2.45) is 11.3 Å². The molecule has 13 nitrogen and oxygen atoms in total. The number of cyclic esters (lactones) is 1. The fourth-order valence-corrected chi connectivity index (χ4v) is 10.2. The van der Waals surface area contributed by atoms with Gasteiger partial charge in [0.15, 0.2) is 0 Å². The monoisotopic (exact) mass is 860 g/mol. The maximum Gasteiger partial charge on any atom is 0.324 e. The predicted octanol–water partition coefficient (Wildman–Crippen LogP) is 6.39. The molecular weight excluding hydrogens is 803 g/mol. The van der Waals surface area contributed by atoms with E-state index < -0.39 is 53.5 Å². The lowest BCUT2D eigenvalue weighted by atomic mass is 9.84. The van der Waals surface area contributed by atoms with Crippen molar-refractivity contribution >= 4 is 45.7 Å². The van der Waals surface area contributed by atoms with Crippen molar-refractivity contribution in [3.05, 3.63) is 52.1 Å². The molecular formula is C45H58F2N8O5S. The number of anilines is 1. The summed E-state index contributed by atoms with van der Waals surface area (Å²) in [6.45, 7) is 13.2. The number of rotatable bonds is 7. The van der Waals surface area contributed by atoms with Gasteiger partial charge in [-0.2, -0.15) is 0 Å². The highest BCUT2D eigenvalue weighted by Crippen LogP contribution is 2.43. The molecule has 0 radical (unpaired) electrons. The van der Waals surface area contributed by atoms with Crippen molar-refractivity contribution in [2.75, 3.05) is 58.4 Å². The van der Waals surface area contributed by atoms with E-state index >= 15 is 0 Å². The van der Waals surface area contributed by atoms with Crippen molar-refractivity contribution in [3.63, 3.8) is 0 Å². The first kappa shape index (κ1) is 43.2. The number of thiazole rings is 1. The third-order valence-corrected chi connectivity index (χ3v) is 13.7. The third-order valence-electron chi connectivity index (χ3n) is 12.9. The Hall–Kier alpha value is -4.51. The van der Waals surface area contributed by atoms with Crippen LogP contribution in [0.4, 0.5) is 14.5 Å². The molecule has 328 valence electrons. The summed E-state index contributed by atoms with van der Waals surface area (Å²) < 4.78 is 42.7. The van der Waals surface area contributed by atoms with Crippen LogP contribution in [-0.2, 0) is 43.2 Å². The van der Waals surface area contributed by atoms with Gasteiger partial charge in [-0.25, -0.2) is 19.2 Å². The van der Waals surface area contributed by atoms with Gasteiger partial charge in [0.1, 0.15) is 12.1 Å². The number of hydrogen-bond donors (Lipinski definition) is 2. The number of alkyl halides is 2. The van der Waals surface area contributed by atoms with Gasteiger partial charge in [-0.1, -0.05) is 19.9 Å². The Kier molecular flexibility index (Phi) is 12.3. The van der Waals surface area contributed by atoms with Crippen molar-refractivity contribution in [2.45, 2.75) is 103 Å². The zero-order valence-corrected chi connectivity index (χ0v) is 36.9. The molecule has 3 aliphatic heterocycles. The lowest BCUT2D eigenvalue weighted by molar-refractivity contribution is -0.155. The van der Waals surface area contributed by atoms with Crippen LogP contribution in [0.1, 0.15) is 82.2 Å². The Balaban J connectivity index is 1.24. The minimum atomic E-state index is -2.92. The summed E-state index contributed by atoms with van der Waals surface area (Å²) in [6, 6.07) is 6.76. The summed E-state index contributed by atoms with van der Waals surface area (Å²) in [6.07, 6.45) is 2.43. The first-order valence-electron chi connectivity index (χ1n) is 21.6. The number of nitrogens with one attached hydrogen (secondary N) is 2. The van der Waals surface area contributed by atoms with Crippen LogP contribution in [-0.4, -0.2) is 114 Å². The third kappa shape index (κ3) is 9.04. The minimum absolute atomic E-state index is 0.0459. The Labute approximate surface area is 360 Å². The van der Waals surface area contributed by atoms with Gasteiger partial charge in [-0.15, -0.1) is 11.3 Å². The van der Waals surface area contributed by atoms with E-state index in [9.17, 15) is 23.2 Å². The van der Waals surface area contributed by atoms with Crippen LogP contribution in [0.25, 0.3) is 33.4 Å². The number of piperazine rings is 1. The number of fused-ring (bicyclic) bond motifs is 6. The van der Waals surface area contributed by atoms with E-state index in [0.29, 0.717) is 37.4 Å². The van der Waals surface area contributed by atoms with Crippen molar-refractivity contribution in [1.82, 2.24) is 35.2 Å². The summed E-state index contributed by atoms with van der Waals surface area (Å²) in [5.74, 6) is -5.32. The van der Waals surface area contributed by atoms with Gasteiger partial charge in [0.05, 0.1) is 46.7 Å². The number of ether oxygens (including phenoxy) is 2. The molecule has 2 N–H and O–H groups in total. The van der Waals surface area contributed by atoms with Crippen LogP contribution < -0.4 is 15.6 Å². The van der Waals surface area contributed by atoms with Gasteiger partial charge in [-0.3, -0.25) is 24.4 Å². The molecule has 4 aliphatic rings. The number of hydrogen-bond acceptors (Lipinski definition) is 11. The average molecular weight is 861 g/mol. The summed E-state index contributed by atoms with van der Waals surface area (Å²) in [5, 5.41) is 7.79. The number of nitrogens with zero attached hydrogens (tertiary/aromatic N) is 6. The van der Waals surface area contributed by atoms with Gasteiger partial charge < -0.3 is 29.2 Å². The number of carbonyl (C=O) groups is 3. The second-order valence-corrected chi connectivity index (χ2v) is 19.0. The Morgan fingerprint density at radius 2 is 1.92 bits per heavy atom. The van der Waals surface area contributed by atoms with E-state index in [1.54, 1.807) is 7.11 Å². The van der Waals surface area contributed by atoms with Crippen LogP contribution in [0.2, 0.25) is 0 Å². The maximum absolute atomic E-state index is 14.2. The van der Waals surface area contributed by atoms with Crippen LogP contribution >= 0.6 is 11.3 Å². The number of amides is 2. The second kappa shape index (κ2) is 17.3. The topological polar surface area (TPSA) is 134 Å². The van der Waals surface area contributed by atoms with Crippen LogP contribution in [0.5, 0.6) is 0 Å². The van der Waals surface area contributed by atoms with Crippen LogP contribution in [0.15, 0.2) is 35.8 Å². The normalized spacial score (nSPS) is 24.1. The Bertz CT molecular complexity index is 2290. The van der Waals surface area contributed by atoms with Crippen molar-refractivity contribution in [1.29, 1.82) is 0 Å². The Morgan fingerprint density at radius 3 is 2.64 bits per heavy atom. The largest absolute Gasteiger partial charge is 0.464 e. The molecule has 4 atom stereocenters. The van der Waals surface area contributed by atoms with Gasteiger partial charge in [0.25, 0.3) is 5.91 Å². The number of aromatic nitrogens is 3. The van der Waals surface area contributed by atoms with Gasteiger partial charge in [0, 0.05) is 104 Å². The first-order valence-corrected chi connectivity index (χ1v) is 22.5. The molecule has 4 aromatic rings. The zero-order valence-electron chi connectivity index (χ0n) is 36.1. The number of carbonyl (C=O) groups excluding carboxylic acids is 3. The number of benzene rings is 1. The molecule has 1 aliphatic carbocycles. The highest BCUT2D eigenvalue weighted by molar-refractivity contribution is 7.10. The Morgan fingerprint density at radius 1 is 1.13 bits per heavy atom. The number of aryl methyl sites for hydroxylation is 1. The average Bonchev–Trinajstić information content (AvgIpc) is 3.96. The molecule has 2 saturated heterocycles. The molecule has 1 aromatic carbocycles. The highest BCUT2D eigenvalue weighted by atomic mass is 32.1. The lowest BCUT2D eigenvalue weighted by Gasteiger charge is -2.35. The van der Waals surface area contributed by atoms with E-state index in [1.807, 2.05) is 18.5 Å².